The number of likely N-dealkylation sites (N-methyl/N-ethyl adjacent to an activating group) is 1. The van der Waals surface area contributed by atoms with Crippen molar-refractivity contribution < 1.29 is 9.21 Å². The number of carbonyl (C=O) groups is 1. The zero-order chi connectivity index (χ0) is 22.7. The number of rotatable bonds is 8. The second kappa shape index (κ2) is 9.83. The average Bonchev–Trinajstić information content (AvgIpc) is 3.50. The first kappa shape index (κ1) is 23.1. The fraction of sp³-hybridized carbons (Fsp3) is 0.625. The van der Waals surface area contributed by atoms with Crippen molar-refractivity contribution in [3.8, 4) is 0 Å². The van der Waals surface area contributed by atoms with Crippen molar-refractivity contribution in [3.63, 3.8) is 0 Å². The molecule has 4 rings (SSSR count). The van der Waals surface area contributed by atoms with Gasteiger partial charge in [-0.3, -0.25) is 4.79 Å². The third-order valence-corrected chi connectivity index (χ3v) is 6.95. The lowest BCUT2D eigenvalue weighted by molar-refractivity contribution is 0.0922. The average molecular weight is 458 g/mol. The standard InChI is InChI=1S/C24H35N5O2S/c1-5-28-10-12-29(13-11-28)21-14-20(24(2,3)4)26-23(27-21)32-16-18-8-9-19(31-18)22(30)25-15-17-6-7-17/h8-9,14,17H,5-7,10-13,15-16H2,1-4H3,(H,25,30). The molecule has 1 saturated carbocycles. The van der Waals surface area contributed by atoms with E-state index in [1.807, 2.05) is 6.07 Å². The van der Waals surface area contributed by atoms with Crippen molar-refractivity contribution in [2.75, 3.05) is 44.2 Å². The molecule has 3 heterocycles. The van der Waals surface area contributed by atoms with Gasteiger partial charge >= 0.3 is 0 Å². The van der Waals surface area contributed by atoms with Crippen molar-refractivity contribution in [2.45, 2.75) is 56.9 Å². The van der Waals surface area contributed by atoms with Gasteiger partial charge in [0.25, 0.3) is 5.91 Å². The SMILES string of the molecule is CCN1CCN(c2cc(C(C)(C)C)nc(SCc3ccc(C(=O)NCC4CC4)o3)n2)CC1. The molecule has 174 valence electrons. The predicted octanol–water partition coefficient (Wildman–Crippen LogP) is 3.94. The van der Waals surface area contributed by atoms with Crippen LogP contribution in [-0.4, -0.2) is 60.0 Å². The molecule has 1 N–H and O–H groups in total. The third-order valence-electron chi connectivity index (χ3n) is 6.08. The van der Waals surface area contributed by atoms with Crippen LogP contribution in [0.25, 0.3) is 0 Å². The van der Waals surface area contributed by atoms with E-state index in [0.29, 0.717) is 17.4 Å². The monoisotopic (exact) mass is 457 g/mol. The van der Waals surface area contributed by atoms with Crippen molar-refractivity contribution >= 4 is 23.5 Å². The molecule has 0 spiro atoms. The first-order valence-corrected chi connectivity index (χ1v) is 12.7. The molecule has 32 heavy (non-hydrogen) atoms. The molecule has 2 aromatic heterocycles. The zero-order valence-electron chi connectivity index (χ0n) is 19.7. The Morgan fingerprint density at radius 2 is 1.94 bits per heavy atom. The molecule has 0 atom stereocenters. The summed E-state index contributed by atoms with van der Waals surface area (Å²) in [5.74, 6) is 3.24. The van der Waals surface area contributed by atoms with Crippen LogP contribution in [0.3, 0.4) is 0 Å². The van der Waals surface area contributed by atoms with Crippen LogP contribution in [0.15, 0.2) is 27.8 Å². The van der Waals surface area contributed by atoms with Gasteiger partial charge < -0.3 is 19.5 Å². The van der Waals surface area contributed by atoms with Crippen LogP contribution < -0.4 is 10.2 Å². The van der Waals surface area contributed by atoms with E-state index in [1.165, 1.54) is 12.8 Å². The fourth-order valence-electron chi connectivity index (χ4n) is 3.68. The number of amides is 1. The van der Waals surface area contributed by atoms with Gasteiger partial charge in [0.05, 0.1) is 11.4 Å². The van der Waals surface area contributed by atoms with Gasteiger partial charge in [0.15, 0.2) is 10.9 Å². The summed E-state index contributed by atoms with van der Waals surface area (Å²) < 4.78 is 5.78. The fourth-order valence-corrected chi connectivity index (χ4v) is 4.42. The first-order chi connectivity index (χ1) is 15.3. The second-order valence-electron chi connectivity index (χ2n) is 9.77. The van der Waals surface area contributed by atoms with Gasteiger partial charge in [-0.1, -0.05) is 39.5 Å². The summed E-state index contributed by atoms with van der Waals surface area (Å²) in [4.78, 5) is 26.8. The number of aromatic nitrogens is 2. The van der Waals surface area contributed by atoms with E-state index in [2.05, 4.69) is 48.9 Å². The van der Waals surface area contributed by atoms with Crippen LogP contribution in [0.1, 0.15) is 62.5 Å². The quantitative estimate of drug-likeness (QED) is 0.475. The Morgan fingerprint density at radius 1 is 1.19 bits per heavy atom. The smallest absolute Gasteiger partial charge is 0.287 e. The molecular weight excluding hydrogens is 422 g/mol. The zero-order valence-corrected chi connectivity index (χ0v) is 20.5. The Labute approximate surface area is 195 Å². The highest BCUT2D eigenvalue weighted by Crippen LogP contribution is 2.30. The lowest BCUT2D eigenvalue weighted by Crippen LogP contribution is -2.46. The summed E-state index contributed by atoms with van der Waals surface area (Å²) in [7, 11) is 0. The van der Waals surface area contributed by atoms with E-state index in [0.717, 1.165) is 61.7 Å². The van der Waals surface area contributed by atoms with Crippen LogP contribution in [-0.2, 0) is 11.2 Å². The van der Waals surface area contributed by atoms with Crippen LogP contribution in [0.5, 0.6) is 0 Å². The number of nitrogens with zero attached hydrogens (tertiary/aromatic N) is 4. The largest absolute Gasteiger partial charge is 0.455 e. The van der Waals surface area contributed by atoms with Crippen LogP contribution >= 0.6 is 11.8 Å². The topological polar surface area (TPSA) is 74.5 Å². The minimum Gasteiger partial charge on any atom is -0.455 e. The van der Waals surface area contributed by atoms with Gasteiger partial charge in [-0.05, 0) is 37.4 Å². The highest BCUT2D eigenvalue weighted by atomic mass is 32.2. The number of furan rings is 1. The molecule has 0 unspecified atom stereocenters. The Kier molecular flexibility index (Phi) is 7.10. The summed E-state index contributed by atoms with van der Waals surface area (Å²) in [6, 6.07) is 5.77. The molecule has 8 heteroatoms. The molecule has 1 saturated heterocycles. The van der Waals surface area contributed by atoms with Gasteiger partial charge in [0, 0.05) is 44.2 Å². The Hall–Kier alpha value is -2.06. The lowest BCUT2D eigenvalue weighted by atomic mass is 9.92. The number of hydrogen-bond donors (Lipinski definition) is 1. The minimum atomic E-state index is -0.132. The lowest BCUT2D eigenvalue weighted by Gasteiger charge is -2.35. The number of carbonyl (C=O) groups excluding carboxylic acids is 1. The number of hydrogen-bond acceptors (Lipinski definition) is 7. The molecule has 2 aliphatic rings. The Morgan fingerprint density at radius 3 is 2.59 bits per heavy atom. The van der Waals surface area contributed by atoms with E-state index in [4.69, 9.17) is 14.4 Å². The number of anilines is 1. The van der Waals surface area contributed by atoms with E-state index >= 15 is 0 Å². The van der Waals surface area contributed by atoms with Gasteiger partial charge in [-0.15, -0.1) is 0 Å². The minimum absolute atomic E-state index is 0.0598. The van der Waals surface area contributed by atoms with Crippen molar-refractivity contribution in [1.29, 1.82) is 0 Å². The molecule has 1 aliphatic carbocycles. The van der Waals surface area contributed by atoms with E-state index in [1.54, 1.807) is 17.8 Å². The van der Waals surface area contributed by atoms with E-state index in [-0.39, 0.29) is 11.3 Å². The molecule has 0 bridgehead atoms. The van der Waals surface area contributed by atoms with Gasteiger partial charge in [-0.25, -0.2) is 9.97 Å². The van der Waals surface area contributed by atoms with E-state index < -0.39 is 0 Å². The maximum Gasteiger partial charge on any atom is 0.287 e. The highest BCUT2D eigenvalue weighted by Gasteiger charge is 2.24. The van der Waals surface area contributed by atoms with Gasteiger partial charge in [0.2, 0.25) is 0 Å². The molecule has 0 radical (unpaired) electrons. The number of nitrogens with one attached hydrogen (secondary N) is 1. The van der Waals surface area contributed by atoms with Crippen molar-refractivity contribution in [1.82, 2.24) is 20.2 Å². The van der Waals surface area contributed by atoms with E-state index in [9.17, 15) is 4.79 Å². The normalized spacial score (nSPS) is 17.6. The maximum absolute atomic E-state index is 12.2. The second-order valence-corrected chi connectivity index (χ2v) is 10.7. The maximum atomic E-state index is 12.2. The van der Waals surface area contributed by atoms with Crippen LogP contribution in [0.2, 0.25) is 0 Å². The predicted molar refractivity (Wildman–Crippen MR) is 128 cm³/mol. The molecule has 1 amide bonds. The van der Waals surface area contributed by atoms with Gasteiger partial charge in [-0.2, -0.15) is 0 Å². The molecule has 1 aliphatic heterocycles. The number of thioether (sulfide) groups is 1. The summed E-state index contributed by atoms with van der Waals surface area (Å²) in [6.45, 7) is 14.7. The highest BCUT2D eigenvalue weighted by molar-refractivity contribution is 7.98. The molecule has 2 fully saturated rings. The van der Waals surface area contributed by atoms with Crippen LogP contribution in [0.4, 0.5) is 5.82 Å². The van der Waals surface area contributed by atoms with Crippen molar-refractivity contribution in [2.24, 2.45) is 5.92 Å². The Bertz CT molecular complexity index is 927. The third kappa shape index (κ3) is 6.04. The van der Waals surface area contributed by atoms with Crippen LogP contribution in [0, 0.1) is 5.92 Å². The molecule has 2 aromatic rings. The summed E-state index contributed by atoms with van der Waals surface area (Å²) in [5.41, 5.74) is 0.984. The molecular formula is C24H35N5O2S. The van der Waals surface area contributed by atoms with Crippen molar-refractivity contribution in [3.05, 3.63) is 35.4 Å². The Balaban J connectivity index is 1.43. The summed E-state index contributed by atoms with van der Waals surface area (Å²) in [6.07, 6.45) is 2.43. The summed E-state index contributed by atoms with van der Waals surface area (Å²) in [5, 5.41) is 3.70. The molecule has 0 aromatic carbocycles. The molecule has 7 nitrogen and oxygen atoms in total. The number of piperazine rings is 1. The first-order valence-electron chi connectivity index (χ1n) is 11.7. The van der Waals surface area contributed by atoms with Gasteiger partial charge in [0.1, 0.15) is 11.6 Å². The summed E-state index contributed by atoms with van der Waals surface area (Å²) >= 11 is 1.56.